The summed E-state index contributed by atoms with van der Waals surface area (Å²) in [5, 5.41) is 3.15. The average molecular weight is 328 g/mol. The number of carbonyl (C=O) groups is 1. The standard InChI is InChI=1S/C18H24N4O2/c1-22-10-9-20-18(22)17(14-4-5-14)21-16(23)12-13-2-6-15(7-3-13)24-11-8-19/h2-3,6-7,9-10,14,17H,4-5,8,11-12,19H2,1H3,(H,21,23)/t17-/m0/s1. The van der Waals surface area contributed by atoms with Gasteiger partial charge in [0.25, 0.3) is 0 Å². The average Bonchev–Trinajstić information content (AvgIpc) is 3.33. The fourth-order valence-corrected chi connectivity index (χ4v) is 2.79. The Labute approximate surface area is 142 Å². The van der Waals surface area contributed by atoms with Crippen LogP contribution in [0.1, 0.15) is 30.3 Å². The molecule has 1 saturated carbocycles. The highest BCUT2D eigenvalue weighted by Gasteiger charge is 2.35. The summed E-state index contributed by atoms with van der Waals surface area (Å²) in [5.74, 6) is 2.22. The fourth-order valence-electron chi connectivity index (χ4n) is 2.79. The highest BCUT2D eigenvalue weighted by molar-refractivity contribution is 5.79. The molecule has 1 aliphatic rings. The first-order valence-electron chi connectivity index (χ1n) is 8.35. The van der Waals surface area contributed by atoms with Gasteiger partial charge in [-0.2, -0.15) is 0 Å². The number of ether oxygens (including phenoxy) is 1. The smallest absolute Gasteiger partial charge is 0.225 e. The SMILES string of the molecule is Cn1ccnc1[C@@H](NC(=O)Cc1ccc(OCCN)cc1)C1CC1. The van der Waals surface area contributed by atoms with Crippen molar-refractivity contribution >= 4 is 5.91 Å². The number of benzene rings is 1. The first kappa shape index (κ1) is 16.5. The third-order valence-electron chi connectivity index (χ3n) is 4.22. The van der Waals surface area contributed by atoms with Crippen molar-refractivity contribution in [3.8, 4) is 5.75 Å². The highest BCUT2D eigenvalue weighted by atomic mass is 16.5. The summed E-state index contributed by atoms with van der Waals surface area (Å²) in [7, 11) is 1.96. The van der Waals surface area contributed by atoms with E-state index in [-0.39, 0.29) is 11.9 Å². The minimum atomic E-state index is 0.00432. The van der Waals surface area contributed by atoms with Gasteiger partial charge in [-0.3, -0.25) is 4.79 Å². The number of nitrogens with one attached hydrogen (secondary N) is 1. The summed E-state index contributed by atoms with van der Waals surface area (Å²) in [6, 6.07) is 7.58. The van der Waals surface area contributed by atoms with Crippen LogP contribution in [0.25, 0.3) is 0 Å². The van der Waals surface area contributed by atoms with Gasteiger partial charge in [-0.25, -0.2) is 4.98 Å². The lowest BCUT2D eigenvalue weighted by Gasteiger charge is -2.18. The number of imidazole rings is 1. The molecule has 1 fully saturated rings. The topological polar surface area (TPSA) is 82.2 Å². The van der Waals surface area contributed by atoms with E-state index in [2.05, 4.69) is 10.3 Å². The Morgan fingerprint density at radius 1 is 1.42 bits per heavy atom. The molecule has 3 rings (SSSR count). The van der Waals surface area contributed by atoms with Gasteiger partial charge in [0.2, 0.25) is 5.91 Å². The number of hydrogen-bond donors (Lipinski definition) is 2. The van der Waals surface area contributed by atoms with Crippen LogP contribution in [0, 0.1) is 5.92 Å². The molecule has 0 unspecified atom stereocenters. The molecule has 1 amide bonds. The number of nitrogens with zero attached hydrogens (tertiary/aromatic N) is 2. The van der Waals surface area contributed by atoms with E-state index >= 15 is 0 Å². The van der Waals surface area contributed by atoms with Crippen LogP contribution in [0.15, 0.2) is 36.7 Å². The Bertz CT molecular complexity index is 677. The molecule has 0 saturated heterocycles. The summed E-state index contributed by atoms with van der Waals surface area (Å²) >= 11 is 0. The first-order chi connectivity index (χ1) is 11.7. The molecule has 0 aliphatic heterocycles. The molecule has 6 nitrogen and oxygen atoms in total. The van der Waals surface area contributed by atoms with E-state index in [1.807, 2.05) is 42.1 Å². The molecule has 3 N–H and O–H groups in total. The Morgan fingerprint density at radius 2 is 2.17 bits per heavy atom. The third kappa shape index (κ3) is 4.14. The molecule has 1 heterocycles. The number of nitrogens with two attached hydrogens (primary N) is 1. The van der Waals surface area contributed by atoms with Gasteiger partial charge in [-0.1, -0.05) is 12.1 Å². The summed E-state index contributed by atoms with van der Waals surface area (Å²) in [6.45, 7) is 0.979. The predicted molar refractivity (Wildman–Crippen MR) is 91.5 cm³/mol. The van der Waals surface area contributed by atoms with Crippen LogP contribution >= 0.6 is 0 Å². The van der Waals surface area contributed by atoms with E-state index in [1.54, 1.807) is 6.20 Å². The number of aryl methyl sites for hydroxylation is 1. The number of carbonyl (C=O) groups excluding carboxylic acids is 1. The molecule has 2 aromatic rings. The van der Waals surface area contributed by atoms with Gasteiger partial charge in [0.15, 0.2) is 0 Å². The zero-order chi connectivity index (χ0) is 16.9. The van der Waals surface area contributed by atoms with Crippen molar-refractivity contribution in [3.63, 3.8) is 0 Å². The lowest BCUT2D eigenvalue weighted by atomic mass is 10.1. The van der Waals surface area contributed by atoms with Crippen molar-refractivity contribution in [2.24, 2.45) is 18.7 Å². The van der Waals surface area contributed by atoms with Gasteiger partial charge in [0, 0.05) is 26.0 Å². The fraction of sp³-hybridized carbons (Fsp3) is 0.444. The van der Waals surface area contributed by atoms with Crippen LogP contribution in [0.3, 0.4) is 0 Å². The van der Waals surface area contributed by atoms with Crippen molar-refractivity contribution in [1.29, 1.82) is 0 Å². The molecule has 1 atom stereocenters. The molecule has 24 heavy (non-hydrogen) atoms. The van der Waals surface area contributed by atoms with E-state index in [1.165, 1.54) is 0 Å². The maximum Gasteiger partial charge on any atom is 0.225 e. The molecule has 1 aromatic carbocycles. The van der Waals surface area contributed by atoms with Crippen LogP contribution in [0.2, 0.25) is 0 Å². The lowest BCUT2D eigenvalue weighted by molar-refractivity contribution is -0.121. The molecule has 0 bridgehead atoms. The van der Waals surface area contributed by atoms with E-state index in [0.717, 1.165) is 30.0 Å². The number of hydrogen-bond acceptors (Lipinski definition) is 4. The van der Waals surface area contributed by atoms with Gasteiger partial charge >= 0.3 is 0 Å². The summed E-state index contributed by atoms with van der Waals surface area (Å²) in [4.78, 5) is 16.8. The van der Waals surface area contributed by atoms with Crippen molar-refractivity contribution in [2.75, 3.05) is 13.2 Å². The molecule has 0 radical (unpaired) electrons. The predicted octanol–water partition coefficient (Wildman–Crippen LogP) is 1.57. The van der Waals surface area contributed by atoms with Crippen LogP contribution < -0.4 is 15.8 Å². The van der Waals surface area contributed by atoms with Crippen LogP contribution in [0.5, 0.6) is 5.75 Å². The Balaban J connectivity index is 1.59. The normalized spacial score (nSPS) is 15.1. The highest BCUT2D eigenvalue weighted by Crippen LogP contribution is 2.40. The van der Waals surface area contributed by atoms with Crippen molar-refractivity contribution < 1.29 is 9.53 Å². The Kier molecular flexibility index (Phi) is 5.15. The summed E-state index contributed by atoms with van der Waals surface area (Å²) < 4.78 is 7.42. The second-order valence-corrected chi connectivity index (χ2v) is 6.24. The molecule has 128 valence electrons. The molecule has 1 aliphatic carbocycles. The third-order valence-corrected chi connectivity index (χ3v) is 4.22. The molecular formula is C18H24N4O2. The van der Waals surface area contributed by atoms with Gasteiger partial charge in [0.1, 0.15) is 18.2 Å². The summed E-state index contributed by atoms with van der Waals surface area (Å²) in [5.41, 5.74) is 6.37. The minimum Gasteiger partial charge on any atom is -0.492 e. The summed E-state index contributed by atoms with van der Waals surface area (Å²) in [6.07, 6.45) is 6.33. The van der Waals surface area contributed by atoms with E-state index in [0.29, 0.717) is 25.5 Å². The lowest BCUT2D eigenvalue weighted by Crippen LogP contribution is -2.32. The zero-order valence-electron chi connectivity index (χ0n) is 13.9. The number of rotatable bonds is 8. The largest absolute Gasteiger partial charge is 0.492 e. The van der Waals surface area contributed by atoms with Crippen molar-refractivity contribution in [3.05, 3.63) is 48.0 Å². The second kappa shape index (κ2) is 7.49. The van der Waals surface area contributed by atoms with Gasteiger partial charge in [-0.15, -0.1) is 0 Å². The van der Waals surface area contributed by atoms with Gasteiger partial charge in [-0.05, 0) is 36.5 Å². The van der Waals surface area contributed by atoms with Crippen LogP contribution in [-0.2, 0) is 18.3 Å². The quantitative estimate of drug-likeness (QED) is 0.770. The monoisotopic (exact) mass is 328 g/mol. The van der Waals surface area contributed by atoms with Crippen molar-refractivity contribution in [2.45, 2.75) is 25.3 Å². The number of aromatic nitrogens is 2. The Hall–Kier alpha value is -2.34. The van der Waals surface area contributed by atoms with Crippen LogP contribution in [0.4, 0.5) is 0 Å². The second-order valence-electron chi connectivity index (χ2n) is 6.24. The minimum absolute atomic E-state index is 0.00432. The van der Waals surface area contributed by atoms with Gasteiger partial charge in [0.05, 0.1) is 12.5 Å². The molecule has 6 heteroatoms. The van der Waals surface area contributed by atoms with E-state index in [9.17, 15) is 4.79 Å². The van der Waals surface area contributed by atoms with Crippen LogP contribution in [-0.4, -0.2) is 28.6 Å². The number of amides is 1. The maximum atomic E-state index is 12.4. The van der Waals surface area contributed by atoms with E-state index in [4.69, 9.17) is 10.5 Å². The first-order valence-corrected chi connectivity index (χ1v) is 8.35. The molecule has 0 spiro atoms. The van der Waals surface area contributed by atoms with E-state index < -0.39 is 0 Å². The Morgan fingerprint density at radius 3 is 2.75 bits per heavy atom. The molecule has 1 aromatic heterocycles. The van der Waals surface area contributed by atoms with Crippen molar-refractivity contribution in [1.82, 2.24) is 14.9 Å². The zero-order valence-corrected chi connectivity index (χ0v) is 13.9. The molecular weight excluding hydrogens is 304 g/mol. The van der Waals surface area contributed by atoms with Gasteiger partial charge < -0.3 is 20.4 Å². The maximum absolute atomic E-state index is 12.4.